The van der Waals surface area contributed by atoms with Gasteiger partial charge >= 0.3 is 6.09 Å². The van der Waals surface area contributed by atoms with Gasteiger partial charge in [0.1, 0.15) is 24.0 Å². The molecule has 10 nitrogen and oxygen atoms in total. The van der Waals surface area contributed by atoms with Crippen LogP contribution in [0.15, 0.2) is 54.7 Å². The zero-order valence-corrected chi connectivity index (χ0v) is 22.2. The number of aromatic nitrogens is 1. The number of carbonyl (C=O) groups is 3. The number of halogens is 2. The SMILES string of the molecule is CC(=O)N(NCc1cccc(F)c1Cl)[C@@H](CC=O)C(OC(=O)Nc1cc2ccccc2cn1)N1CCNCC1. The highest BCUT2D eigenvalue weighted by Crippen LogP contribution is 2.22. The van der Waals surface area contributed by atoms with Gasteiger partial charge in [0.15, 0.2) is 6.23 Å². The molecule has 2 heterocycles. The van der Waals surface area contributed by atoms with Gasteiger partial charge in [-0.2, -0.15) is 0 Å². The molecule has 0 radical (unpaired) electrons. The number of hydrazine groups is 1. The van der Waals surface area contributed by atoms with E-state index >= 15 is 0 Å². The number of anilines is 1. The molecule has 1 unspecified atom stereocenters. The zero-order chi connectivity index (χ0) is 27.8. The maximum absolute atomic E-state index is 14.0. The summed E-state index contributed by atoms with van der Waals surface area (Å²) in [5.41, 5.74) is 3.38. The molecule has 2 amide bonds. The summed E-state index contributed by atoms with van der Waals surface area (Å²) in [7, 11) is 0. The lowest BCUT2D eigenvalue weighted by molar-refractivity contribution is -0.146. The van der Waals surface area contributed by atoms with Crippen LogP contribution in [0, 0.1) is 5.82 Å². The number of aldehydes is 1. The van der Waals surface area contributed by atoms with Crippen LogP contribution in [-0.2, 0) is 20.9 Å². The van der Waals surface area contributed by atoms with Gasteiger partial charge in [0.25, 0.3) is 0 Å². The number of benzene rings is 2. The first-order valence-corrected chi connectivity index (χ1v) is 12.9. The van der Waals surface area contributed by atoms with Crippen molar-refractivity contribution in [3.63, 3.8) is 0 Å². The number of amides is 2. The largest absolute Gasteiger partial charge is 0.428 e. The van der Waals surface area contributed by atoms with Crippen molar-refractivity contribution < 1.29 is 23.5 Å². The third kappa shape index (κ3) is 7.27. The number of nitrogens with one attached hydrogen (secondary N) is 3. The molecule has 3 N–H and O–H groups in total. The van der Waals surface area contributed by atoms with Crippen molar-refractivity contribution in [3.8, 4) is 0 Å². The molecule has 0 bridgehead atoms. The Morgan fingerprint density at radius 3 is 2.67 bits per heavy atom. The van der Waals surface area contributed by atoms with Crippen LogP contribution in [0.1, 0.15) is 18.9 Å². The first-order chi connectivity index (χ1) is 18.9. The van der Waals surface area contributed by atoms with E-state index in [2.05, 4.69) is 21.0 Å². The molecule has 0 aliphatic carbocycles. The molecule has 0 saturated carbocycles. The molecule has 4 rings (SSSR count). The van der Waals surface area contributed by atoms with Gasteiger partial charge in [0.2, 0.25) is 5.91 Å². The van der Waals surface area contributed by atoms with Gasteiger partial charge < -0.3 is 14.8 Å². The Hall–Kier alpha value is -3.64. The average Bonchev–Trinajstić information content (AvgIpc) is 2.94. The van der Waals surface area contributed by atoms with E-state index in [9.17, 15) is 18.8 Å². The summed E-state index contributed by atoms with van der Waals surface area (Å²) in [5, 5.41) is 8.87. The minimum absolute atomic E-state index is 0.00696. The Balaban J connectivity index is 1.56. The predicted molar refractivity (Wildman–Crippen MR) is 145 cm³/mol. The smallest absolute Gasteiger partial charge is 0.414 e. The van der Waals surface area contributed by atoms with Gasteiger partial charge in [-0.05, 0) is 23.1 Å². The third-order valence-electron chi connectivity index (χ3n) is 6.41. The van der Waals surface area contributed by atoms with Crippen LogP contribution in [0.4, 0.5) is 15.0 Å². The second kappa shape index (κ2) is 13.4. The number of pyridine rings is 1. The monoisotopic (exact) mass is 556 g/mol. The lowest BCUT2D eigenvalue weighted by atomic mass is 10.1. The third-order valence-corrected chi connectivity index (χ3v) is 6.83. The molecule has 39 heavy (non-hydrogen) atoms. The van der Waals surface area contributed by atoms with Gasteiger partial charge in [-0.3, -0.25) is 20.0 Å². The summed E-state index contributed by atoms with van der Waals surface area (Å²) < 4.78 is 19.8. The summed E-state index contributed by atoms with van der Waals surface area (Å²) in [4.78, 5) is 43.8. The molecule has 1 fully saturated rings. The molecule has 12 heteroatoms. The van der Waals surface area contributed by atoms with Gasteiger partial charge in [-0.15, -0.1) is 0 Å². The fourth-order valence-corrected chi connectivity index (χ4v) is 4.69. The first-order valence-electron chi connectivity index (χ1n) is 12.5. The molecule has 1 aromatic heterocycles. The van der Waals surface area contributed by atoms with Crippen LogP contribution < -0.4 is 16.1 Å². The second-order valence-corrected chi connectivity index (χ2v) is 9.41. The summed E-state index contributed by atoms with van der Waals surface area (Å²) >= 11 is 6.09. The number of piperazine rings is 1. The Kier molecular flexibility index (Phi) is 9.77. The van der Waals surface area contributed by atoms with Crippen molar-refractivity contribution in [1.82, 2.24) is 25.6 Å². The van der Waals surface area contributed by atoms with Crippen molar-refractivity contribution in [3.05, 3.63) is 71.1 Å². The maximum atomic E-state index is 14.0. The van der Waals surface area contributed by atoms with Crippen molar-refractivity contribution in [2.45, 2.75) is 32.2 Å². The molecule has 1 saturated heterocycles. The minimum Gasteiger partial charge on any atom is -0.428 e. The molecular formula is C27H30ClFN6O4. The molecular weight excluding hydrogens is 527 g/mol. The van der Waals surface area contributed by atoms with Crippen LogP contribution in [-0.4, -0.2) is 71.6 Å². The van der Waals surface area contributed by atoms with E-state index in [1.165, 1.54) is 24.1 Å². The van der Waals surface area contributed by atoms with Gasteiger partial charge in [0.05, 0.1) is 5.02 Å². The van der Waals surface area contributed by atoms with Crippen LogP contribution in [0.2, 0.25) is 5.02 Å². The second-order valence-electron chi connectivity index (χ2n) is 9.03. The number of carbonyl (C=O) groups excluding carboxylic acids is 3. The molecule has 206 valence electrons. The molecule has 0 spiro atoms. The number of nitrogens with zero attached hydrogens (tertiary/aromatic N) is 3. The number of ether oxygens (including phenoxy) is 1. The Morgan fingerprint density at radius 2 is 1.95 bits per heavy atom. The van der Waals surface area contributed by atoms with Crippen LogP contribution >= 0.6 is 11.6 Å². The summed E-state index contributed by atoms with van der Waals surface area (Å²) in [6.07, 6.45) is 0.427. The molecule has 1 aliphatic rings. The lowest BCUT2D eigenvalue weighted by Gasteiger charge is -2.42. The fraction of sp³-hybridized carbons (Fsp3) is 0.333. The minimum atomic E-state index is -0.975. The Labute approximate surface area is 230 Å². The van der Waals surface area contributed by atoms with Gasteiger partial charge in [-0.25, -0.2) is 19.6 Å². The van der Waals surface area contributed by atoms with E-state index < -0.39 is 30.1 Å². The topological polar surface area (TPSA) is 116 Å². The van der Waals surface area contributed by atoms with Crippen LogP contribution in [0.25, 0.3) is 10.8 Å². The van der Waals surface area contributed by atoms with E-state index in [1.807, 2.05) is 29.2 Å². The number of fused-ring (bicyclic) bond motifs is 1. The van der Waals surface area contributed by atoms with Crippen molar-refractivity contribution in [1.29, 1.82) is 0 Å². The van der Waals surface area contributed by atoms with E-state index in [0.717, 1.165) is 10.8 Å². The number of hydrogen-bond donors (Lipinski definition) is 3. The zero-order valence-electron chi connectivity index (χ0n) is 21.4. The molecule has 1 aliphatic heterocycles. The Bertz CT molecular complexity index is 1320. The van der Waals surface area contributed by atoms with E-state index in [-0.39, 0.29) is 18.0 Å². The molecule has 2 atom stereocenters. The van der Waals surface area contributed by atoms with E-state index in [4.69, 9.17) is 16.3 Å². The van der Waals surface area contributed by atoms with Crippen molar-refractivity contribution in [2.75, 3.05) is 31.5 Å². The molecule has 3 aromatic rings. The lowest BCUT2D eigenvalue weighted by Crippen LogP contribution is -2.62. The normalized spacial score (nSPS) is 15.4. The van der Waals surface area contributed by atoms with Gasteiger partial charge in [0, 0.05) is 57.7 Å². The van der Waals surface area contributed by atoms with Crippen molar-refractivity contribution >= 4 is 46.5 Å². The number of rotatable bonds is 10. The van der Waals surface area contributed by atoms with Crippen LogP contribution in [0.3, 0.4) is 0 Å². The first kappa shape index (κ1) is 28.4. The van der Waals surface area contributed by atoms with E-state index in [1.54, 1.807) is 18.3 Å². The average molecular weight is 557 g/mol. The maximum Gasteiger partial charge on any atom is 0.414 e. The van der Waals surface area contributed by atoms with Crippen LogP contribution in [0.5, 0.6) is 0 Å². The quantitative estimate of drug-likeness (QED) is 0.257. The van der Waals surface area contributed by atoms with E-state index in [0.29, 0.717) is 43.8 Å². The Morgan fingerprint density at radius 1 is 1.21 bits per heavy atom. The highest BCUT2D eigenvalue weighted by Gasteiger charge is 2.37. The fourth-order valence-electron chi connectivity index (χ4n) is 4.49. The molecule has 2 aromatic carbocycles. The standard InChI is InChI=1S/C27H30ClFN6O4/c1-18(37)35(32-17-21-7-4-8-22(29)25(21)28)23(9-14-36)26(34-12-10-30-11-13-34)39-27(38)33-24-15-19-5-2-3-6-20(19)16-31-24/h2-8,14-16,23,26,30,32H,9-13,17H2,1H3,(H,31,33,38)/t23-,26?/m0/s1. The summed E-state index contributed by atoms with van der Waals surface area (Å²) in [6, 6.07) is 12.8. The highest BCUT2D eigenvalue weighted by atomic mass is 35.5. The summed E-state index contributed by atoms with van der Waals surface area (Å²) in [6.45, 7) is 3.63. The highest BCUT2D eigenvalue weighted by molar-refractivity contribution is 6.31. The summed E-state index contributed by atoms with van der Waals surface area (Å²) in [5.74, 6) is -0.711. The van der Waals surface area contributed by atoms with Gasteiger partial charge in [-0.1, -0.05) is 48.0 Å². The predicted octanol–water partition coefficient (Wildman–Crippen LogP) is 3.32. The van der Waals surface area contributed by atoms with Crippen molar-refractivity contribution in [2.24, 2.45) is 0 Å². The number of hydrogen-bond acceptors (Lipinski definition) is 8.